The lowest BCUT2D eigenvalue weighted by atomic mass is 9.66. The maximum Gasteiger partial charge on any atom is 0.292 e. The topological polar surface area (TPSA) is 95.6 Å². The van der Waals surface area contributed by atoms with Crippen molar-refractivity contribution in [2.45, 2.75) is 74.9 Å². The van der Waals surface area contributed by atoms with Crippen molar-refractivity contribution in [3.63, 3.8) is 0 Å². The Hall–Kier alpha value is -2.81. The summed E-state index contributed by atoms with van der Waals surface area (Å²) in [6.07, 6.45) is 10.7. The molecule has 38 heavy (non-hydrogen) atoms. The lowest BCUT2D eigenvalue weighted by Crippen LogP contribution is -2.53. The monoisotopic (exact) mass is 519 g/mol. The Balaban J connectivity index is 1.27. The highest BCUT2D eigenvalue weighted by atomic mass is 16.5. The van der Waals surface area contributed by atoms with E-state index in [0.717, 1.165) is 51.4 Å². The molecular weight excluding hydrogens is 478 g/mol. The Morgan fingerprint density at radius 3 is 2.42 bits per heavy atom. The molecule has 2 aliphatic carbocycles. The molecule has 8 heteroatoms. The summed E-state index contributed by atoms with van der Waals surface area (Å²) in [5, 5.41) is 2.76. The van der Waals surface area contributed by atoms with Crippen molar-refractivity contribution < 1.29 is 14.3 Å². The van der Waals surface area contributed by atoms with Crippen LogP contribution >= 0.6 is 0 Å². The molecule has 2 aromatic rings. The predicted molar refractivity (Wildman–Crippen MR) is 148 cm³/mol. The number of carbonyl (C=O) groups excluding carboxylic acids is 2. The molecule has 1 aromatic carbocycles. The van der Waals surface area contributed by atoms with Gasteiger partial charge in [-0.05, 0) is 70.2 Å². The third-order valence-corrected chi connectivity index (χ3v) is 9.40. The van der Waals surface area contributed by atoms with Gasteiger partial charge in [0.1, 0.15) is 0 Å². The van der Waals surface area contributed by atoms with E-state index in [1.54, 1.807) is 19.2 Å². The van der Waals surface area contributed by atoms with Crippen molar-refractivity contribution in [2.24, 2.45) is 11.8 Å². The summed E-state index contributed by atoms with van der Waals surface area (Å²) in [4.78, 5) is 33.1. The molecule has 1 aromatic heterocycles. The molecule has 1 aliphatic heterocycles. The number of hydrazine groups is 1. The van der Waals surface area contributed by atoms with Gasteiger partial charge in [0.15, 0.2) is 0 Å². The number of methoxy groups -OCH3 is 1. The number of rotatable bonds is 9. The standard InChI is InChI=1S/C30H41N5O3/c1-35(2)30(22-10-5-4-6-11-22)16-14-29(15-17-30)19-25(33-34-29)24(18-21-8-7-9-21)27(36)28(37)32-23-12-13-26(38-3)31-20-23/h4-6,10-13,20-21,24-25,33-34H,7-9,14-19H2,1-3H3,(H,32,37)/t24?,25-,29?,30?/m0/s1. The first-order valence-corrected chi connectivity index (χ1v) is 14.0. The first-order chi connectivity index (χ1) is 18.3. The van der Waals surface area contributed by atoms with Crippen molar-refractivity contribution in [2.75, 3.05) is 26.5 Å². The molecule has 1 amide bonds. The third kappa shape index (κ3) is 5.35. The van der Waals surface area contributed by atoms with Crippen LogP contribution in [0.4, 0.5) is 5.69 Å². The van der Waals surface area contributed by atoms with Gasteiger partial charge >= 0.3 is 0 Å². The smallest absolute Gasteiger partial charge is 0.292 e. The van der Waals surface area contributed by atoms with Crippen LogP contribution in [0, 0.1) is 11.8 Å². The lowest BCUT2D eigenvalue weighted by Gasteiger charge is -2.49. The lowest BCUT2D eigenvalue weighted by molar-refractivity contribution is -0.138. The fraction of sp³-hybridized carbons (Fsp3) is 0.567. The number of Topliss-reactive ketones (excluding diaryl/α,β-unsaturated/α-hetero) is 1. The van der Waals surface area contributed by atoms with Crippen molar-refractivity contribution in [1.29, 1.82) is 0 Å². The summed E-state index contributed by atoms with van der Waals surface area (Å²) in [5.74, 6) is -0.284. The van der Waals surface area contributed by atoms with E-state index in [9.17, 15) is 9.59 Å². The average Bonchev–Trinajstić information content (AvgIpc) is 3.32. The van der Waals surface area contributed by atoms with Gasteiger partial charge < -0.3 is 10.1 Å². The average molecular weight is 520 g/mol. The van der Waals surface area contributed by atoms with Gasteiger partial charge in [-0.25, -0.2) is 4.98 Å². The number of pyridine rings is 1. The van der Waals surface area contributed by atoms with Gasteiger partial charge in [0.05, 0.1) is 19.0 Å². The molecule has 1 spiro atoms. The summed E-state index contributed by atoms with van der Waals surface area (Å²) in [6.45, 7) is 0. The van der Waals surface area contributed by atoms with E-state index in [1.165, 1.54) is 18.2 Å². The van der Waals surface area contributed by atoms with E-state index >= 15 is 0 Å². The van der Waals surface area contributed by atoms with Crippen molar-refractivity contribution in [3.8, 4) is 5.88 Å². The molecule has 5 rings (SSSR count). The van der Waals surface area contributed by atoms with Gasteiger partial charge in [-0.1, -0.05) is 49.6 Å². The fourth-order valence-electron chi connectivity index (χ4n) is 6.70. The molecule has 3 fully saturated rings. The predicted octanol–water partition coefficient (Wildman–Crippen LogP) is 4.04. The van der Waals surface area contributed by atoms with Gasteiger partial charge in [-0.15, -0.1) is 0 Å². The number of hydrogen-bond donors (Lipinski definition) is 3. The summed E-state index contributed by atoms with van der Waals surface area (Å²) in [7, 11) is 5.90. The zero-order chi connectivity index (χ0) is 26.8. The maximum atomic E-state index is 13.6. The Bertz CT molecular complexity index is 1110. The van der Waals surface area contributed by atoms with E-state index in [1.807, 2.05) is 0 Å². The van der Waals surface area contributed by atoms with Gasteiger partial charge in [-0.3, -0.25) is 25.3 Å². The summed E-state index contributed by atoms with van der Waals surface area (Å²) in [5.41, 5.74) is 8.92. The van der Waals surface area contributed by atoms with Crippen LogP contribution in [0.15, 0.2) is 48.7 Å². The second kappa shape index (κ2) is 11.1. The van der Waals surface area contributed by atoms with Crippen LogP contribution in [0.1, 0.15) is 63.4 Å². The minimum atomic E-state index is -0.566. The summed E-state index contributed by atoms with van der Waals surface area (Å²) >= 11 is 0. The number of hydrogen-bond acceptors (Lipinski definition) is 7. The van der Waals surface area contributed by atoms with E-state index in [4.69, 9.17) is 4.74 Å². The molecule has 3 aliphatic rings. The zero-order valence-corrected chi connectivity index (χ0v) is 22.8. The Kier molecular flexibility index (Phi) is 7.84. The normalized spacial score (nSPS) is 28.2. The van der Waals surface area contributed by atoms with Crippen LogP contribution in [-0.2, 0) is 15.1 Å². The number of nitrogens with zero attached hydrogens (tertiary/aromatic N) is 2. The maximum absolute atomic E-state index is 13.6. The fourth-order valence-corrected chi connectivity index (χ4v) is 6.70. The van der Waals surface area contributed by atoms with Crippen LogP contribution in [0.5, 0.6) is 5.88 Å². The van der Waals surface area contributed by atoms with Crippen LogP contribution in [0.25, 0.3) is 0 Å². The molecule has 2 saturated carbocycles. The quantitative estimate of drug-likeness (QED) is 0.431. The van der Waals surface area contributed by atoms with E-state index in [-0.39, 0.29) is 28.8 Å². The molecular formula is C30H41N5O3. The number of anilines is 1. The van der Waals surface area contributed by atoms with Crippen molar-refractivity contribution in [1.82, 2.24) is 20.7 Å². The molecule has 2 heterocycles. The summed E-state index contributed by atoms with van der Waals surface area (Å²) < 4.78 is 5.09. The number of ether oxygens (including phenoxy) is 1. The highest BCUT2D eigenvalue weighted by Gasteiger charge is 2.50. The van der Waals surface area contributed by atoms with Crippen LogP contribution in [0.2, 0.25) is 0 Å². The van der Waals surface area contributed by atoms with E-state index in [2.05, 4.69) is 70.5 Å². The molecule has 0 radical (unpaired) electrons. The molecule has 3 N–H and O–H groups in total. The number of carbonyl (C=O) groups is 2. The minimum Gasteiger partial charge on any atom is -0.481 e. The largest absolute Gasteiger partial charge is 0.481 e. The minimum absolute atomic E-state index is 0.0136. The number of aromatic nitrogens is 1. The van der Waals surface area contributed by atoms with Gasteiger partial charge in [0.25, 0.3) is 5.91 Å². The number of nitrogens with one attached hydrogen (secondary N) is 3. The molecule has 8 nitrogen and oxygen atoms in total. The number of ketones is 1. The zero-order valence-electron chi connectivity index (χ0n) is 22.8. The first kappa shape index (κ1) is 26.8. The summed E-state index contributed by atoms with van der Waals surface area (Å²) in [6, 6.07) is 14.1. The number of amides is 1. The molecule has 204 valence electrons. The van der Waals surface area contributed by atoms with Crippen molar-refractivity contribution >= 4 is 17.4 Å². The first-order valence-electron chi connectivity index (χ1n) is 14.0. The van der Waals surface area contributed by atoms with Crippen LogP contribution in [-0.4, -0.2) is 54.4 Å². The van der Waals surface area contributed by atoms with Crippen LogP contribution in [0.3, 0.4) is 0 Å². The highest BCUT2D eigenvalue weighted by molar-refractivity contribution is 6.41. The van der Waals surface area contributed by atoms with Crippen LogP contribution < -0.4 is 20.9 Å². The second-order valence-electron chi connectivity index (χ2n) is 11.7. The highest BCUT2D eigenvalue weighted by Crippen LogP contribution is 2.48. The van der Waals surface area contributed by atoms with Gasteiger partial charge in [-0.2, -0.15) is 0 Å². The van der Waals surface area contributed by atoms with Gasteiger partial charge in [0.2, 0.25) is 11.7 Å². The molecule has 1 unspecified atom stereocenters. The van der Waals surface area contributed by atoms with Crippen molar-refractivity contribution in [3.05, 3.63) is 54.2 Å². The second-order valence-corrected chi connectivity index (χ2v) is 11.7. The third-order valence-electron chi connectivity index (χ3n) is 9.40. The van der Waals surface area contributed by atoms with E-state index < -0.39 is 5.91 Å². The SMILES string of the molecule is COc1ccc(NC(=O)C(=O)C(CC2CCC2)[C@@H]2CC3(CCC(c4ccccc4)(N(C)C)CC3)NN2)cn1. The Labute approximate surface area is 225 Å². The molecule has 2 atom stereocenters. The van der Waals surface area contributed by atoms with Gasteiger partial charge in [0, 0.05) is 29.1 Å². The molecule has 1 saturated heterocycles. The number of benzene rings is 1. The Morgan fingerprint density at radius 1 is 1.11 bits per heavy atom. The Morgan fingerprint density at radius 2 is 1.84 bits per heavy atom. The molecule has 0 bridgehead atoms. The van der Waals surface area contributed by atoms with E-state index in [0.29, 0.717) is 17.5 Å².